The molecule has 1 aromatic rings. The Labute approximate surface area is 92.9 Å². The lowest BCUT2D eigenvalue weighted by Crippen LogP contribution is -2.17. The number of halogens is 3. The molecule has 1 heterocycles. The van der Waals surface area contributed by atoms with Gasteiger partial charge in [-0.15, -0.1) is 0 Å². The van der Waals surface area contributed by atoms with Gasteiger partial charge in [0.1, 0.15) is 0 Å². The molecule has 0 fully saturated rings. The van der Waals surface area contributed by atoms with Gasteiger partial charge in [0.25, 0.3) is 12.0 Å². The summed E-state index contributed by atoms with van der Waals surface area (Å²) in [7, 11) is 0. The monoisotopic (exact) mass is 276 g/mol. The Kier molecular flexibility index (Phi) is 3.97. The molecule has 0 aliphatic rings. The highest BCUT2D eigenvalue weighted by Gasteiger charge is 2.16. The predicted octanol–water partition coefficient (Wildman–Crippen LogP) is 2.27. The van der Waals surface area contributed by atoms with E-state index in [0.717, 1.165) is 0 Å². The number of nitriles is 1. The minimum atomic E-state index is -2.74. The van der Waals surface area contributed by atoms with Crippen LogP contribution in [0, 0.1) is 11.3 Å². The van der Waals surface area contributed by atoms with Crippen molar-refractivity contribution in [3.05, 3.63) is 33.2 Å². The fourth-order valence-electron chi connectivity index (χ4n) is 1.19. The van der Waals surface area contributed by atoms with Gasteiger partial charge >= 0.3 is 0 Å². The minimum absolute atomic E-state index is 0.155. The predicted molar refractivity (Wildman–Crippen MR) is 54.0 cm³/mol. The van der Waals surface area contributed by atoms with Crippen LogP contribution in [-0.2, 0) is 11.8 Å². The van der Waals surface area contributed by atoms with Crippen molar-refractivity contribution < 1.29 is 8.78 Å². The molecule has 0 aromatic carbocycles. The van der Waals surface area contributed by atoms with Crippen LogP contribution in [-0.4, -0.2) is 4.98 Å². The third kappa shape index (κ3) is 2.63. The number of nitrogens with one attached hydrogen (secondary N) is 1. The van der Waals surface area contributed by atoms with Crippen LogP contribution < -0.4 is 5.56 Å². The van der Waals surface area contributed by atoms with E-state index in [1.54, 1.807) is 6.07 Å². The van der Waals surface area contributed by atoms with Gasteiger partial charge < -0.3 is 4.98 Å². The number of rotatable bonds is 3. The highest BCUT2D eigenvalue weighted by Crippen LogP contribution is 2.22. The Bertz CT molecular complexity index is 450. The molecule has 0 saturated heterocycles. The second-order valence-corrected chi connectivity index (χ2v) is 3.39. The molecule has 1 N–H and O–H groups in total. The van der Waals surface area contributed by atoms with Crippen molar-refractivity contribution in [2.24, 2.45) is 0 Å². The van der Waals surface area contributed by atoms with Gasteiger partial charge in [-0.1, -0.05) is 15.9 Å². The normalized spacial score (nSPS) is 10.3. The maximum Gasteiger partial charge on any atom is 0.264 e. The SMILES string of the molecule is N#CCc1c(C(F)F)cc(CBr)[nH]c1=O. The van der Waals surface area contributed by atoms with Crippen molar-refractivity contribution in [3.8, 4) is 6.07 Å². The molecule has 0 bridgehead atoms. The lowest BCUT2D eigenvalue weighted by atomic mass is 10.1. The maximum absolute atomic E-state index is 12.6. The Balaban J connectivity index is 3.37. The van der Waals surface area contributed by atoms with Gasteiger partial charge in [-0.3, -0.25) is 4.79 Å². The summed E-state index contributed by atoms with van der Waals surface area (Å²) in [6, 6.07) is 2.89. The van der Waals surface area contributed by atoms with Crippen LogP contribution in [0.3, 0.4) is 0 Å². The number of hydrogen-bond donors (Lipinski definition) is 1. The van der Waals surface area contributed by atoms with E-state index in [1.807, 2.05) is 0 Å². The molecule has 0 saturated carbocycles. The van der Waals surface area contributed by atoms with Gasteiger partial charge in [0.2, 0.25) is 0 Å². The molecular weight excluding hydrogens is 270 g/mol. The van der Waals surface area contributed by atoms with Crippen LogP contribution >= 0.6 is 15.9 Å². The number of alkyl halides is 3. The minimum Gasteiger partial charge on any atom is -0.325 e. The molecule has 0 unspecified atom stereocenters. The summed E-state index contributed by atoms with van der Waals surface area (Å²) >= 11 is 3.06. The molecule has 1 aromatic heterocycles. The average molecular weight is 277 g/mol. The van der Waals surface area contributed by atoms with Gasteiger partial charge in [-0.05, 0) is 6.07 Å². The number of H-pyrrole nitrogens is 1. The largest absolute Gasteiger partial charge is 0.325 e. The van der Waals surface area contributed by atoms with E-state index in [4.69, 9.17) is 5.26 Å². The van der Waals surface area contributed by atoms with Crippen LogP contribution in [0.1, 0.15) is 23.2 Å². The third-order valence-corrected chi connectivity index (χ3v) is 2.47. The van der Waals surface area contributed by atoms with Crippen LogP contribution in [0.5, 0.6) is 0 Å². The van der Waals surface area contributed by atoms with Crippen molar-refractivity contribution >= 4 is 15.9 Å². The smallest absolute Gasteiger partial charge is 0.264 e. The van der Waals surface area contributed by atoms with Crippen LogP contribution in [0.2, 0.25) is 0 Å². The molecule has 0 radical (unpaired) electrons. The highest BCUT2D eigenvalue weighted by molar-refractivity contribution is 9.08. The first-order valence-electron chi connectivity index (χ1n) is 4.06. The zero-order chi connectivity index (χ0) is 11.4. The van der Waals surface area contributed by atoms with Gasteiger partial charge in [-0.2, -0.15) is 5.26 Å². The van der Waals surface area contributed by atoms with Gasteiger partial charge in [-0.25, -0.2) is 8.78 Å². The summed E-state index contributed by atoms with van der Waals surface area (Å²) < 4.78 is 25.1. The zero-order valence-corrected chi connectivity index (χ0v) is 9.14. The van der Waals surface area contributed by atoms with E-state index < -0.39 is 12.0 Å². The van der Waals surface area contributed by atoms with Crippen molar-refractivity contribution in [2.75, 3.05) is 0 Å². The molecule has 15 heavy (non-hydrogen) atoms. The van der Waals surface area contributed by atoms with Gasteiger partial charge in [0.05, 0.1) is 12.5 Å². The molecular formula is C9H7BrF2N2O. The molecule has 0 atom stereocenters. The first-order valence-corrected chi connectivity index (χ1v) is 5.18. The molecule has 0 spiro atoms. The third-order valence-electron chi connectivity index (χ3n) is 1.86. The lowest BCUT2D eigenvalue weighted by Gasteiger charge is -2.06. The number of aromatic amines is 1. The quantitative estimate of drug-likeness (QED) is 0.861. The van der Waals surface area contributed by atoms with Gasteiger partial charge in [0, 0.05) is 22.2 Å². The molecule has 3 nitrogen and oxygen atoms in total. The number of hydrogen-bond acceptors (Lipinski definition) is 2. The summed E-state index contributed by atoms with van der Waals surface area (Å²) in [6.07, 6.45) is -3.05. The Morgan fingerprint density at radius 2 is 2.27 bits per heavy atom. The molecule has 0 aliphatic heterocycles. The van der Waals surface area contributed by atoms with E-state index in [9.17, 15) is 13.6 Å². The molecule has 6 heteroatoms. The summed E-state index contributed by atoms with van der Waals surface area (Å²) in [4.78, 5) is 13.8. The van der Waals surface area contributed by atoms with E-state index in [1.165, 1.54) is 6.07 Å². The van der Waals surface area contributed by atoms with Crippen LogP contribution in [0.25, 0.3) is 0 Å². The number of aromatic nitrogens is 1. The summed E-state index contributed by atoms with van der Waals surface area (Å²) in [6.45, 7) is 0. The van der Waals surface area contributed by atoms with Crippen LogP contribution in [0.4, 0.5) is 8.78 Å². The van der Waals surface area contributed by atoms with Gasteiger partial charge in [0.15, 0.2) is 0 Å². The second kappa shape index (κ2) is 5.03. The fourth-order valence-corrected chi connectivity index (χ4v) is 1.49. The van der Waals surface area contributed by atoms with E-state index in [-0.39, 0.29) is 22.9 Å². The zero-order valence-electron chi connectivity index (χ0n) is 7.56. The molecule has 1 rings (SSSR count). The number of pyridine rings is 1. The first-order chi connectivity index (χ1) is 7.10. The fraction of sp³-hybridized carbons (Fsp3) is 0.333. The van der Waals surface area contributed by atoms with Crippen molar-refractivity contribution in [2.45, 2.75) is 18.2 Å². The molecule has 80 valence electrons. The first kappa shape index (κ1) is 11.9. The maximum atomic E-state index is 12.6. The lowest BCUT2D eigenvalue weighted by molar-refractivity contribution is 0.150. The molecule has 0 amide bonds. The van der Waals surface area contributed by atoms with Crippen molar-refractivity contribution in [1.29, 1.82) is 5.26 Å². The highest BCUT2D eigenvalue weighted by atomic mass is 79.9. The summed E-state index contributed by atoms with van der Waals surface area (Å²) in [5.74, 6) is 0. The molecule has 0 aliphatic carbocycles. The van der Waals surface area contributed by atoms with Crippen molar-refractivity contribution in [3.63, 3.8) is 0 Å². The Morgan fingerprint density at radius 1 is 1.60 bits per heavy atom. The standard InChI is InChI=1S/C9H7BrF2N2O/c10-4-5-3-7(8(11)12)6(1-2-13)9(15)14-5/h3,8H,1,4H2,(H,14,15). The summed E-state index contributed by atoms with van der Waals surface area (Å²) in [5, 5.41) is 8.71. The summed E-state index contributed by atoms with van der Waals surface area (Å²) in [5.41, 5.74) is -0.771. The van der Waals surface area contributed by atoms with Crippen LogP contribution in [0.15, 0.2) is 10.9 Å². The van der Waals surface area contributed by atoms with E-state index >= 15 is 0 Å². The topological polar surface area (TPSA) is 56.6 Å². The van der Waals surface area contributed by atoms with E-state index in [2.05, 4.69) is 20.9 Å². The van der Waals surface area contributed by atoms with Crippen molar-refractivity contribution in [1.82, 2.24) is 4.98 Å². The average Bonchev–Trinajstić information content (AvgIpc) is 2.20. The Hall–Kier alpha value is -1.22. The van der Waals surface area contributed by atoms with E-state index in [0.29, 0.717) is 5.69 Å². The second-order valence-electron chi connectivity index (χ2n) is 2.83. The Morgan fingerprint density at radius 3 is 2.73 bits per heavy atom. The number of nitrogens with zero attached hydrogens (tertiary/aromatic N) is 1.